The lowest BCUT2D eigenvalue weighted by atomic mass is 9.95. The number of carbonyl (C=O) groups is 1. The number of hydrogen-bond donors (Lipinski definition) is 0. The van der Waals surface area contributed by atoms with Crippen LogP contribution in [0.5, 0.6) is 11.5 Å². The van der Waals surface area contributed by atoms with Crippen LogP contribution in [0.1, 0.15) is 42.4 Å². The van der Waals surface area contributed by atoms with Crippen LogP contribution in [-0.4, -0.2) is 35.9 Å². The molecule has 0 aliphatic carbocycles. The zero-order valence-electron chi connectivity index (χ0n) is 23.6. The van der Waals surface area contributed by atoms with E-state index in [0.717, 1.165) is 27.1 Å². The van der Waals surface area contributed by atoms with E-state index in [4.69, 9.17) is 14.2 Å². The fourth-order valence-corrected chi connectivity index (χ4v) is 6.49. The van der Waals surface area contributed by atoms with E-state index in [1.807, 2.05) is 50.3 Å². The molecule has 2 aromatic heterocycles. The Balaban J connectivity index is 1.70. The third-order valence-corrected chi connectivity index (χ3v) is 8.59. The predicted octanol–water partition coefficient (Wildman–Crippen LogP) is 4.99. The van der Waals surface area contributed by atoms with Gasteiger partial charge in [-0.05, 0) is 87.4 Å². The SMILES string of the molecule is CCOC(=O)C1=C(C)N=c2sc(=Cc3cc(C)n(-c4ccc(Br)cc4)c3C)c(=O)n2C1c1ccc(OC)c(OC)c1. The molecule has 8 nitrogen and oxygen atoms in total. The smallest absolute Gasteiger partial charge is 0.338 e. The Morgan fingerprint density at radius 2 is 1.76 bits per heavy atom. The van der Waals surface area contributed by atoms with Crippen molar-refractivity contribution in [2.24, 2.45) is 4.99 Å². The van der Waals surface area contributed by atoms with Crippen molar-refractivity contribution >= 4 is 39.3 Å². The highest BCUT2D eigenvalue weighted by molar-refractivity contribution is 9.10. The van der Waals surface area contributed by atoms with Crippen molar-refractivity contribution in [1.29, 1.82) is 0 Å². The molecule has 5 rings (SSSR count). The summed E-state index contributed by atoms with van der Waals surface area (Å²) in [5.74, 6) is 0.523. The molecule has 0 spiro atoms. The Labute approximate surface area is 250 Å². The molecular formula is C31H30BrN3O5S. The van der Waals surface area contributed by atoms with E-state index < -0.39 is 12.0 Å². The number of rotatable bonds is 7. The Kier molecular flexibility index (Phi) is 8.06. The monoisotopic (exact) mass is 635 g/mol. The molecular weight excluding hydrogens is 606 g/mol. The molecule has 1 aliphatic rings. The zero-order valence-corrected chi connectivity index (χ0v) is 26.1. The Morgan fingerprint density at radius 1 is 1.05 bits per heavy atom. The van der Waals surface area contributed by atoms with Gasteiger partial charge in [-0.15, -0.1) is 0 Å². The normalized spacial score (nSPS) is 15.0. The number of benzene rings is 2. The Bertz CT molecular complexity index is 1860. The molecule has 1 aliphatic heterocycles. The van der Waals surface area contributed by atoms with Gasteiger partial charge in [-0.25, -0.2) is 9.79 Å². The van der Waals surface area contributed by atoms with Gasteiger partial charge in [0.15, 0.2) is 16.3 Å². The van der Waals surface area contributed by atoms with Gasteiger partial charge in [0.05, 0.1) is 42.7 Å². The quantitative estimate of drug-likeness (QED) is 0.267. The highest BCUT2D eigenvalue weighted by Gasteiger charge is 2.34. The van der Waals surface area contributed by atoms with Crippen LogP contribution in [0.25, 0.3) is 11.8 Å². The van der Waals surface area contributed by atoms with E-state index in [1.165, 1.54) is 11.3 Å². The molecule has 0 fully saturated rings. The van der Waals surface area contributed by atoms with Crippen molar-refractivity contribution in [1.82, 2.24) is 9.13 Å². The molecule has 1 unspecified atom stereocenters. The fraction of sp³-hybridized carbons (Fsp3) is 0.258. The second-order valence-electron chi connectivity index (χ2n) is 9.55. The molecule has 10 heteroatoms. The van der Waals surface area contributed by atoms with Crippen molar-refractivity contribution in [2.75, 3.05) is 20.8 Å². The number of carbonyl (C=O) groups excluding carboxylic acids is 1. The summed E-state index contributed by atoms with van der Waals surface area (Å²) < 4.78 is 21.6. The van der Waals surface area contributed by atoms with Gasteiger partial charge in [0.1, 0.15) is 0 Å². The van der Waals surface area contributed by atoms with Gasteiger partial charge >= 0.3 is 5.97 Å². The van der Waals surface area contributed by atoms with E-state index in [-0.39, 0.29) is 12.2 Å². The average molecular weight is 637 g/mol. The minimum Gasteiger partial charge on any atom is -0.493 e. The van der Waals surface area contributed by atoms with E-state index in [1.54, 1.807) is 44.8 Å². The summed E-state index contributed by atoms with van der Waals surface area (Å²) in [5, 5.41) is 0. The first kappa shape index (κ1) is 28.6. The van der Waals surface area contributed by atoms with Crippen LogP contribution in [0, 0.1) is 13.8 Å². The zero-order chi connectivity index (χ0) is 29.4. The minimum atomic E-state index is -0.748. The molecule has 2 aromatic carbocycles. The van der Waals surface area contributed by atoms with Gasteiger partial charge in [0.2, 0.25) is 0 Å². The second kappa shape index (κ2) is 11.5. The molecule has 0 saturated heterocycles. The topological polar surface area (TPSA) is 84.1 Å². The van der Waals surface area contributed by atoms with Crippen LogP contribution >= 0.6 is 27.3 Å². The van der Waals surface area contributed by atoms with Crippen molar-refractivity contribution in [2.45, 2.75) is 33.7 Å². The molecule has 4 aromatic rings. The predicted molar refractivity (Wildman–Crippen MR) is 163 cm³/mol. The number of methoxy groups -OCH3 is 2. The molecule has 41 heavy (non-hydrogen) atoms. The van der Waals surface area contributed by atoms with Crippen LogP contribution in [0.4, 0.5) is 0 Å². The Morgan fingerprint density at radius 3 is 2.41 bits per heavy atom. The highest BCUT2D eigenvalue weighted by atomic mass is 79.9. The van der Waals surface area contributed by atoms with Gasteiger partial charge in [-0.3, -0.25) is 9.36 Å². The van der Waals surface area contributed by atoms with E-state index in [0.29, 0.717) is 37.7 Å². The minimum absolute atomic E-state index is 0.201. The summed E-state index contributed by atoms with van der Waals surface area (Å²) >= 11 is 4.79. The number of halogens is 1. The van der Waals surface area contributed by atoms with Crippen molar-refractivity contribution < 1.29 is 19.0 Å². The van der Waals surface area contributed by atoms with Crippen molar-refractivity contribution in [3.8, 4) is 17.2 Å². The number of esters is 1. The number of aryl methyl sites for hydroxylation is 1. The molecule has 0 amide bonds. The largest absolute Gasteiger partial charge is 0.493 e. The Hall–Kier alpha value is -3.89. The lowest BCUT2D eigenvalue weighted by Crippen LogP contribution is -2.40. The van der Waals surface area contributed by atoms with Gasteiger partial charge in [0.25, 0.3) is 5.56 Å². The first-order chi connectivity index (χ1) is 19.7. The van der Waals surface area contributed by atoms with Gasteiger partial charge < -0.3 is 18.8 Å². The van der Waals surface area contributed by atoms with Crippen molar-refractivity contribution in [3.63, 3.8) is 0 Å². The summed E-state index contributed by atoms with van der Waals surface area (Å²) in [6.07, 6.45) is 1.90. The van der Waals surface area contributed by atoms with Crippen LogP contribution < -0.4 is 24.4 Å². The van der Waals surface area contributed by atoms with Gasteiger partial charge in [-0.2, -0.15) is 0 Å². The molecule has 0 radical (unpaired) electrons. The second-order valence-corrected chi connectivity index (χ2v) is 11.5. The molecule has 1 atom stereocenters. The van der Waals surface area contributed by atoms with Gasteiger partial charge in [-0.1, -0.05) is 33.3 Å². The van der Waals surface area contributed by atoms with E-state index >= 15 is 0 Å². The number of hydrogen-bond acceptors (Lipinski definition) is 7. The third kappa shape index (κ3) is 5.17. The van der Waals surface area contributed by atoms with Crippen molar-refractivity contribution in [3.05, 3.63) is 106 Å². The number of allylic oxidation sites excluding steroid dienone is 1. The first-order valence-electron chi connectivity index (χ1n) is 13.0. The van der Waals surface area contributed by atoms with E-state index in [2.05, 4.69) is 31.6 Å². The molecule has 212 valence electrons. The average Bonchev–Trinajstić information content (AvgIpc) is 3.41. The number of fused-ring (bicyclic) bond motifs is 1. The maximum absolute atomic E-state index is 14.1. The first-order valence-corrected chi connectivity index (χ1v) is 14.7. The summed E-state index contributed by atoms with van der Waals surface area (Å²) in [6, 6.07) is 14.8. The van der Waals surface area contributed by atoms with Gasteiger partial charge in [0, 0.05) is 21.5 Å². The van der Waals surface area contributed by atoms with Crippen LogP contribution in [0.3, 0.4) is 0 Å². The number of thiazole rings is 1. The maximum Gasteiger partial charge on any atom is 0.338 e. The van der Waals surface area contributed by atoms with Crippen LogP contribution in [0.15, 0.2) is 74.1 Å². The standard InChI is InChI=1S/C31H30BrN3O5S/c1-7-40-30(37)27-18(3)33-31-35(28(27)20-8-13-24(38-5)25(15-20)39-6)29(36)26(41-31)16-21-14-17(2)34(19(21)4)23-11-9-22(32)10-12-23/h8-16,28H,7H2,1-6H3. The molecule has 0 bridgehead atoms. The summed E-state index contributed by atoms with van der Waals surface area (Å²) in [4.78, 5) is 32.5. The lowest BCUT2D eigenvalue weighted by molar-refractivity contribution is -0.139. The fourth-order valence-electron chi connectivity index (χ4n) is 5.19. The van der Waals surface area contributed by atoms with Crippen LogP contribution in [-0.2, 0) is 9.53 Å². The number of ether oxygens (including phenoxy) is 3. The number of nitrogens with zero attached hydrogens (tertiary/aromatic N) is 3. The number of aromatic nitrogens is 2. The summed E-state index contributed by atoms with van der Waals surface area (Å²) in [6.45, 7) is 7.79. The summed E-state index contributed by atoms with van der Waals surface area (Å²) in [5.41, 5.74) is 5.28. The maximum atomic E-state index is 14.1. The molecule has 0 N–H and O–H groups in total. The van der Waals surface area contributed by atoms with Crippen LogP contribution in [0.2, 0.25) is 0 Å². The lowest BCUT2D eigenvalue weighted by Gasteiger charge is -2.25. The molecule has 0 saturated carbocycles. The molecule has 3 heterocycles. The van der Waals surface area contributed by atoms with E-state index in [9.17, 15) is 9.59 Å². The highest BCUT2D eigenvalue weighted by Crippen LogP contribution is 2.36. The third-order valence-electron chi connectivity index (χ3n) is 7.08. The summed E-state index contributed by atoms with van der Waals surface area (Å²) in [7, 11) is 3.10.